The molecule has 1 aromatic heterocycles. The smallest absolute Gasteiger partial charge is 0.262 e. The van der Waals surface area contributed by atoms with Crippen LogP contribution in [-0.2, 0) is 6.54 Å². The first kappa shape index (κ1) is 23.9. The van der Waals surface area contributed by atoms with E-state index in [0.29, 0.717) is 12.1 Å². The molecule has 1 N–H and O–H groups in total. The van der Waals surface area contributed by atoms with Crippen molar-refractivity contribution in [3.05, 3.63) is 99.3 Å². The molecule has 8 heteroatoms. The second-order valence-corrected chi connectivity index (χ2v) is 9.47. The highest BCUT2D eigenvalue weighted by atomic mass is 79.9. The summed E-state index contributed by atoms with van der Waals surface area (Å²) >= 11 is 3.61. The van der Waals surface area contributed by atoms with Crippen LogP contribution in [0.4, 0.5) is 11.4 Å². The van der Waals surface area contributed by atoms with Crippen LogP contribution in [0.2, 0.25) is 0 Å². The van der Waals surface area contributed by atoms with Gasteiger partial charge in [0.25, 0.3) is 5.91 Å². The van der Waals surface area contributed by atoms with E-state index in [1.165, 1.54) is 0 Å². The van der Waals surface area contributed by atoms with Gasteiger partial charge < -0.3 is 14.8 Å². The fourth-order valence-corrected chi connectivity index (χ4v) is 4.86. The zero-order chi connectivity index (χ0) is 25.4. The SMILES string of the molecule is COc1ccc(N2C(=O)c3ccccc3N[C@H]2c2ccc(OC)c(Cn3nc(C)c(Br)c3C)c2)cc1. The van der Waals surface area contributed by atoms with Crippen molar-refractivity contribution in [1.29, 1.82) is 0 Å². The van der Waals surface area contributed by atoms with Gasteiger partial charge in [-0.15, -0.1) is 0 Å². The quantitative estimate of drug-likeness (QED) is 0.316. The molecular weight excluding hydrogens is 520 g/mol. The number of rotatable bonds is 6. The van der Waals surface area contributed by atoms with E-state index in [2.05, 4.69) is 32.4 Å². The Bertz CT molecular complexity index is 1430. The van der Waals surface area contributed by atoms with E-state index in [1.807, 2.05) is 79.2 Å². The summed E-state index contributed by atoms with van der Waals surface area (Å²) in [4.78, 5) is 15.5. The maximum atomic E-state index is 13.7. The summed E-state index contributed by atoms with van der Waals surface area (Å²) in [5.41, 5.74) is 6.08. The number of nitrogens with zero attached hydrogens (tertiary/aromatic N) is 3. The van der Waals surface area contributed by atoms with Crippen molar-refractivity contribution in [1.82, 2.24) is 9.78 Å². The molecule has 0 unspecified atom stereocenters. The van der Waals surface area contributed by atoms with E-state index in [4.69, 9.17) is 9.47 Å². The monoisotopic (exact) mass is 546 g/mol. The topological polar surface area (TPSA) is 68.6 Å². The first-order valence-electron chi connectivity index (χ1n) is 11.6. The van der Waals surface area contributed by atoms with Crippen LogP contribution in [0.3, 0.4) is 0 Å². The Kier molecular flexibility index (Phi) is 6.45. The van der Waals surface area contributed by atoms with Crippen molar-refractivity contribution < 1.29 is 14.3 Å². The number of amides is 1. The summed E-state index contributed by atoms with van der Waals surface area (Å²) in [6.07, 6.45) is -0.419. The van der Waals surface area contributed by atoms with Gasteiger partial charge in [-0.2, -0.15) is 5.10 Å². The summed E-state index contributed by atoms with van der Waals surface area (Å²) in [5, 5.41) is 8.24. The molecule has 184 valence electrons. The first-order valence-corrected chi connectivity index (χ1v) is 12.4. The fraction of sp³-hybridized carbons (Fsp3) is 0.214. The zero-order valence-corrected chi connectivity index (χ0v) is 22.2. The predicted molar refractivity (Wildman–Crippen MR) is 144 cm³/mol. The minimum atomic E-state index is -0.419. The van der Waals surface area contributed by atoms with Crippen molar-refractivity contribution in [3.8, 4) is 11.5 Å². The molecule has 1 aliphatic heterocycles. The molecule has 0 saturated heterocycles. The van der Waals surface area contributed by atoms with Crippen LogP contribution in [0, 0.1) is 13.8 Å². The first-order chi connectivity index (χ1) is 17.4. The fourth-order valence-electron chi connectivity index (χ4n) is 4.58. The molecule has 7 nitrogen and oxygen atoms in total. The molecule has 3 aromatic carbocycles. The van der Waals surface area contributed by atoms with Gasteiger partial charge in [-0.25, -0.2) is 0 Å². The molecular formula is C28H27BrN4O3. The Morgan fingerprint density at radius 2 is 1.75 bits per heavy atom. The van der Waals surface area contributed by atoms with Gasteiger partial charge in [0, 0.05) is 16.9 Å². The number of benzene rings is 3. The Morgan fingerprint density at radius 1 is 1.00 bits per heavy atom. The standard InChI is InChI=1S/C28H27BrN4O3/c1-17-26(29)18(2)32(31-17)16-20-15-19(9-14-25(20)36-4)27-30-24-8-6-5-7-23(24)28(34)33(27)21-10-12-22(35-3)13-11-21/h5-15,27,30H,16H2,1-4H3/t27-/m1/s1. The molecule has 2 heterocycles. The summed E-state index contributed by atoms with van der Waals surface area (Å²) in [6, 6.07) is 21.1. The number of anilines is 2. The molecule has 0 spiro atoms. The second-order valence-electron chi connectivity index (χ2n) is 8.68. The molecule has 0 radical (unpaired) electrons. The Hall–Kier alpha value is -3.78. The highest BCUT2D eigenvalue weighted by Gasteiger charge is 2.34. The van der Waals surface area contributed by atoms with Gasteiger partial charge in [0.2, 0.25) is 0 Å². The van der Waals surface area contributed by atoms with Crippen LogP contribution < -0.4 is 19.7 Å². The number of carbonyl (C=O) groups excluding carboxylic acids is 1. The minimum absolute atomic E-state index is 0.0700. The largest absolute Gasteiger partial charge is 0.497 e. The Labute approximate surface area is 218 Å². The lowest BCUT2D eigenvalue weighted by molar-refractivity contribution is 0.0975. The normalized spacial score (nSPS) is 14.9. The summed E-state index contributed by atoms with van der Waals surface area (Å²) in [6.45, 7) is 4.54. The third-order valence-electron chi connectivity index (χ3n) is 6.51. The number of aromatic nitrogens is 2. The highest BCUT2D eigenvalue weighted by Crippen LogP contribution is 2.38. The van der Waals surface area contributed by atoms with Crippen LogP contribution >= 0.6 is 15.9 Å². The lowest BCUT2D eigenvalue weighted by Crippen LogP contribution is -2.43. The molecule has 36 heavy (non-hydrogen) atoms. The van der Waals surface area contributed by atoms with E-state index in [0.717, 1.165) is 49.9 Å². The third kappa shape index (κ3) is 4.22. The predicted octanol–water partition coefficient (Wildman–Crippen LogP) is 6.10. The number of para-hydroxylation sites is 1. The number of aryl methyl sites for hydroxylation is 1. The summed E-state index contributed by atoms with van der Waals surface area (Å²) in [7, 11) is 3.29. The van der Waals surface area contributed by atoms with Crippen LogP contribution in [0.1, 0.15) is 39.0 Å². The number of carbonyl (C=O) groups is 1. The van der Waals surface area contributed by atoms with Crippen molar-refractivity contribution in [2.45, 2.75) is 26.6 Å². The number of hydrogen-bond donors (Lipinski definition) is 1. The molecule has 1 amide bonds. The van der Waals surface area contributed by atoms with Crippen molar-refractivity contribution in [3.63, 3.8) is 0 Å². The molecule has 1 aliphatic rings. The molecule has 5 rings (SSSR count). The maximum absolute atomic E-state index is 13.7. The molecule has 1 atom stereocenters. The average Bonchev–Trinajstić information content (AvgIpc) is 3.15. The van der Waals surface area contributed by atoms with Crippen LogP contribution in [0.5, 0.6) is 11.5 Å². The van der Waals surface area contributed by atoms with Gasteiger partial charge in [-0.3, -0.25) is 14.4 Å². The number of nitrogens with one attached hydrogen (secondary N) is 1. The number of halogens is 1. The van der Waals surface area contributed by atoms with Gasteiger partial charge >= 0.3 is 0 Å². The molecule has 0 bridgehead atoms. The van der Waals surface area contributed by atoms with Gasteiger partial charge in [0.05, 0.1) is 42.2 Å². The van der Waals surface area contributed by atoms with Gasteiger partial charge in [0.1, 0.15) is 17.7 Å². The van der Waals surface area contributed by atoms with Crippen LogP contribution in [-0.4, -0.2) is 29.9 Å². The van der Waals surface area contributed by atoms with E-state index in [9.17, 15) is 4.79 Å². The number of fused-ring (bicyclic) bond motifs is 1. The number of methoxy groups -OCH3 is 2. The van der Waals surface area contributed by atoms with Gasteiger partial charge in [-0.05, 0) is 83.9 Å². The van der Waals surface area contributed by atoms with E-state index in [1.54, 1.807) is 19.1 Å². The highest BCUT2D eigenvalue weighted by molar-refractivity contribution is 9.10. The van der Waals surface area contributed by atoms with E-state index < -0.39 is 6.17 Å². The van der Waals surface area contributed by atoms with Gasteiger partial charge in [0.15, 0.2) is 0 Å². The Morgan fingerprint density at radius 3 is 2.42 bits per heavy atom. The Balaban J connectivity index is 1.60. The van der Waals surface area contributed by atoms with Crippen molar-refractivity contribution in [2.24, 2.45) is 0 Å². The maximum Gasteiger partial charge on any atom is 0.262 e. The van der Waals surface area contributed by atoms with Gasteiger partial charge in [-0.1, -0.05) is 18.2 Å². The van der Waals surface area contributed by atoms with Crippen LogP contribution in [0.15, 0.2) is 71.2 Å². The molecule has 0 aliphatic carbocycles. The molecule has 4 aromatic rings. The number of ether oxygens (including phenoxy) is 2. The summed E-state index contributed by atoms with van der Waals surface area (Å²) in [5.74, 6) is 1.43. The van der Waals surface area contributed by atoms with E-state index in [-0.39, 0.29) is 5.91 Å². The second kappa shape index (κ2) is 9.70. The third-order valence-corrected chi connectivity index (χ3v) is 7.66. The van der Waals surface area contributed by atoms with Crippen molar-refractivity contribution in [2.75, 3.05) is 24.4 Å². The van der Waals surface area contributed by atoms with Crippen LogP contribution in [0.25, 0.3) is 0 Å². The minimum Gasteiger partial charge on any atom is -0.497 e. The average molecular weight is 547 g/mol. The molecule has 0 fully saturated rings. The lowest BCUT2D eigenvalue weighted by atomic mass is 10.0. The number of hydrogen-bond acceptors (Lipinski definition) is 5. The summed E-state index contributed by atoms with van der Waals surface area (Å²) < 4.78 is 14.0. The molecule has 0 saturated carbocycles. The lowest BCUT2D eigenvalue weighted by Gasteiger charge is -2.38. The zero-order valence-electron chi connectivity index (χ0n) is 20.6. The van der Waals surface area contributed by atoms with E-state index >= 15 is 0 Å². The van der Waals surface area contributed by atoms with Crippen molar-refractivity contribution >= 4 is 33.2 Å².